The molecular weight excluding hydrogens is 236 g/mol. The Hall–Kier alpha value is -0.570. The molecule has 0 unspecified atom stereocenters. The number of amides is 1. The number of carbonyl (C=O) groups excluding carboxylic acids is 1. The van der Waals surface area contributed by atoms with E-state index in [1.807, 2.05) is 7.05 Å². The minimum Gasteiger partial charge on any atom is -0.343 e. The van der Waals surface area contributed by atoms with Gasteiger partial charge < -0.3 is 10.2 Å². The van der Waals surface area contributed by atoms with Crippen LogP contribution in [-0.4, -0.2) is 37.0 Å². The molecule has 0 bridgehead atoms. The highest BCUT2D eigenvalue weighted by atomic mass is 16.1. The van der Waals surface area contributed by atoms with Gasteiger partial charge in [-0.15, -0.1) is 0 Å². The van der Waals surface area contributed by atoms with Gasteiger partial charge >= 0.3 is 0 Å². The van der Waals surface area contributed by atoms with E-state index in [0.717, 1.165) is 19.5 Å². The Kier molecular flexibility index (Phi) is 6.53. The van der Waals surface area contributed by atoms with Crippen LogP contribution in [0.5, 0.6) is 0 Å². The van der Waals surface area contributed by atoms with Crippen molar-refractivity contribution in [3.05, 3.63) is 0 Å². The average molecular weight is 270 g/mol. The highest BCUT2D eigenvalue weighted by Gasteiger charge is 2.39. The molecule has 1 N–H and O–H groups in total. The summed E-state index contributed by atoms with van der Waals surface area (Å²) in [6.45, 7) is 17.4. The monoisotopic (exact) mass is 270 g/mol. The van der Waals surface area contributed by atoms with Crippen LogP contribution in [0.15, 0.2) is 0 Å². The second-order valence-corrected chi connectivity index (χ2v) is 7.68. The molecule has 0 aromatic rings. The summed E-state index contributed by atoms with van der Waals surface area (Å²) in [5.41, 5.74) is 0.188. The molecule has 3 heteroatoms. The van der Waals surface area contributed by atoms with Crippen molar-refractivity contribution in [3.8, 4) is 0 Å². The van der Waals surface area contributed by atoms with Crippen molar-refractivity contribution in [3.63, 3.8) is 0 Å². The molecule has 0 aliphatic carbocycles. The van der Waals surface area contributed by atoms with E-state index in [1.54, 1.807) is 4.90 Å². The molecule has 0 heterocycles. The number of nitrogens with one attached hydrogen (secondary N) is 1. The van der Waals surface area contributed by atoms with E-state index in [4.69, 9.17) is 0 Å². The summed E-state index contributed by atoms with van der Waals surface area (Å²) >= 11 is 0. The van der Waals surface area contributed by atoms with E-state index in [-0.39, 0.29) is 11.0 Å². The SMILES string of the molecule is CCCC(C)(C)CNCC(C)(C)C(C)(C)N(C)C=O. The Labute approximate surface area is 120 Å². The van der Waals surface area contributed by atoms with Crippen LogP contribution in [0.1, 0.15) is 61.3 Å². The molecule has 114 valence electrons. The second-order valence-electron chi connectivity index (χ2n) is 7.68. The van der Waals surface area contributed by atoms with Crippen molar-refractivity contribution in [2.24, 2.45) is 10.8 Å². The van der Waals surface area contributed by atoms with Gasteiger partial charge in [0.15, 0.2) is 0 Å². The summed E-state index contributed by atoms with van der Waals surface area (Å²) in [5, 5.41) is 3.59. The summed E-state index contributed by atoms with van der Waals surface area (Å²) in [6, 6.07) is 0. The molecule has 1 amide bonds. The fourth-order valence-corrected chi connectivity index (χ4v) is 2.30. The van der Waals surface area contributed by atoms with Gasteiger partial charge in [-0.1, -0.05) is 41.0 Å². The maximum absolute atomic E-state index is 11.0. The molecule has 0 aromatic carbocycles. The predicted octanol–water partition coefficient (Wildman–Crippen LogP) is 3.30. The largest absolute Gasteiger partial charge is 0.343 e. The van der Waals surface area contributed by atoms with Crippen LogP contribution in [0.3, 0.4) is 0 Å². The zero-order valence-electron chi connectivity index (χ0n) is 14.3. The lowest BCUT2D eigenvalue weighted by atomic mass is 9.73. The fourth-order valence-electron chi connectivity index (χ4n) is 2.30. The number of carbonyl (C=O) groups is 1. The van der Waals surface area contributed by atoms with E-state index in [1.165, 1.54) is 12.8 Å². The van der Waals surface area contributed by atoms with E-state index >= 15 is 0 Å². The molecule has 19 heavy (non-hydrogen) atoms. The first-order chi connectivity index (χ1) is 8.50. The molecule has 0 aliphatic rings. The summed E-state index contributed by atoms with van der Waals surface area (Å²) in [7, 11) is 1.86. The molecular formula is C16H34N2O. The zero-order valence-corrected chi connectivity index (χ0v) is 14.3. The smallest absolute Gasteiger partial charge is 0.209 e. The van der Waals surface area contributed by atoms with Crippen LogP contribution >= 0.6 is 0 Å². The number of hydrogen-bond acceptors (Lipinski definition) is 2. The number of hydrogen-bond donors (Lipinski definition) is 1. The Bertz CT molecular complexity index is 282. The van der Waals surface area contributed by atoms with E-state index in [9.17, 15) is 4.79 Å². The highest BCUT2D eigenvalue weighted by Crippen LogP contribution is 2.34. The topological polar surface area (TPSA) is 32.3 Å². The lowest BCUT2D eigenvalue weighted by Gasteiger charge is -2.47. The van der Waals surface area contributed by atoms with Crippen molar-refractivity contribution in [2.45, 2.75) is 66.8 Å². The Morgan fingerprint density at radius 2 is 1.58 bits per heavy atom. The fraction of sp³-hybridized carbons (Fsp3) is 0.938. The van der Waals surface area contributed by atoms with Crippen LogP contribution in [-0.2, 0) is 4.79 Å². The third-order valence-corrected chi connectivity index (χ3v) is 4.79. The van der Waals surface area contributed by atoms with Gasteiger partial charge in [-0.2, -0.15) is 0 Å². The summed E-state index contributed by atoms with van der Waals surface area (Å²) in [4.78, 5) is 12.8. The first kappa shape index (κ1) is 18.4. The molecule has 0 saturated carbocycles. The van der Waals surface area contributed by atoms with Crippen molar-refractivity contribution < 1.29 is 4.79 Å². The maximum Gasteiger partial charge on any atom is 0.209 e. The molecule has 0 fully saturated rings. The zero-order chi connectivity index (χ0) is 15.3. The van der Waals surface area contributed by atoms with Gasteiger partial charge in [0, 0.05) is 25.7 Å². The first-order valence-corrected chi connectivity index (χ1v) is 7.39. The standard InChI is InChI=1S/C16H34N2O/c1-9-10-14(2,3)11-17-12-15(4,5)16(6,7)18(8)13-19/h13,17H,9-12H2,1-8H3. The van der Waals surface area contributed by atoms with Gasteiger partial charge in [0.1, 0.15) is 0 Å². The van der Waals surface area contributed by atoms with Crippen LogP contribution < -0.4 is 5.32 Å². The summed E-state index contributed by atoms with van der Waals surface area (Å²) in [6.07, 6.45) is 3.37. The molecule has 0 spiro atoms. The quantitative estimate of drug-likeness (QED) is 0.652. The number of nitrogens with zero attached hydrogens (tertiary/aromatic N) is 1. The third kappa shape index (κ3) is 5.13. The lowest BCUT2D eigenvalue weighted by molar-refractivity contribution is -0.125. The molecule has 0 rings (SSSR count). The van der Waals surface area contributed by atoms with E-state index in [0.29, 0.717) is 5.41 Å². The van der Waals surface area contributed by atoms with Crippen molar-refractivity contribution >= 4 is 6.41 Å². The second kappa shape index (κ2) is 6.74. The Morgan fingerprint density at radius 3 is 2.00 bits per heavy atom. The molecule has 3 nitrogen and oxygen atoms in total. The van der Waals surface area contributed by atoms with Crippen LogP contribution in [0.25, 0.3) is 0 Å². The number of rotatable bonds is 9. The van der Waals surface area contributed by atoms with Crippen LogP contribution in [0.2, 0.25) is 0 Å². The molecule has 0 atom stereocenters. The first-order valence-electron chi connectivity index (χ1n) is 7.39. The average Bonchev–Trinajstić information content (AvgIpc) is 2.26. The van der Waals surface area contributed by atoms with Gasteiger partial charge in [0.2, 0.25) is 6.41 Å². The Balaban J connectivity index is 4.50. The summed E-state index contributed by atoms with van der Waals surface area (Å²) < 4.78 is 0. The highest BCUT2D eigenvalue weighted by molar-refractivity contribution is 5.48. The minimum absolute atomic E-state index is 0.0188. The van der Waals surface area contributed by atoms with Crippen LogP contribution in [0, 0.1) is 10.8 Å². The molecule has 0 aliphatic heterocycles. The third-order valence-electron chi connectivity index (χ3n) is 4.79. The molecule has 0 saturated heterocycles. The lowest BCUT2D eigenvalue weighted by Crippen LogP contribution is -2.55. The van der Waals surface area contributed by atoms with E-state index in [2.05, 4.69) is 53.8 Å². The van der Waals surface area contributed by atoms with Gasteiger partial charge in [-0.25, -0.2) is 0 Å². The maximum atomic E-state index is 11.0. The normalized spacial score (nSPS) is 13.5. The predicted molar refractivity (Wildman–Crippen MR) is 83.2 cm³/mol. The van der Waals surface area contributed by atoms with Crippen molar-refractivity contribution in [1.29, 1.82) is 0 Å². The van der Waals surface area contributed by atoms with Gasteiger partial charge in [-0.05, 0) is 31.1 Å². The molecule has 0 aromatic heterocycles. The van der Waals surface area contributed by atoms with Crippen LogP contribution in [0.4, 0.5) is 0 Å². The van der Waals surface area contributed by atoms with Crippen molar-refractivity contribution in [1.82, 2.24) is 10.2 Å². The Morgan fingerprint density at radius 1 is 1.05 bits per heavy atom. The van der Waals surface area contributed by atoms with Gasteiger partial charge in [-0.3, -0.25) is 4.79 Å². The van der Waals surface area contributed by atoms with E-state index < -0.39 is 0 Å². The summed E-state index contributed by atoms with van der Waals surface area (Å²) in [5.74, 6) is 0. The minimum atomic E-state index is -0.170. The van der Waals surface area contributed by atoms with Gasteiger partial charge in [0.05, 0.1) is 0 Å². The van der Waals surface area contributed by atoms with Gasteiger partial charge in [0.25, 0.3) is 0 Å². The van der Waals surface area contributed by atoms with Crippen molar-refractivity contribution in [2.75, 3.05) is 20.1 Å². The molecule has 0 radical (unpaired) electrons.